The van der Waals surface area contributed by atoms with E-state index in [-0.39, 0.29) is 34.3 Å². The van der Waals surface area contributed by atoms with Gasteiger partial charge < -0.3 is 5.32 Å². The molecular weight excluding hydrogens is 348 g/mol. The molecule has 2 N–H and O–H groups in total. The number of hydrogen-bond acceptors (Lipinski definition) is 5. The molecule has 22 heavy (non-hydrogen) atoms. The van der Waals surface area contributed by atoms with Crippen LogP contribution in [0.1, 0.15) is 19.8 Å². The van der Waals surface area contributed by atoms with Crippen molar-refractivity contribution in [2.24, 2.45) is 0 Å². The topological polar surface area (TPSA) is 92.3 Å². The van der Waals surface area contributed by atoms with Crippen molar-refractivity contribution in [3.8, 4) is 0 Å². The van der Waals surface area contributed by atoms with E-state index in [9.17, 15) is 16.8 Å². The van der Waals surface area contributed by atoms with Gasteiger partial charge in [-0.25, -0.2) is 21.6 Å². The van der Waals surface area contributed by atoms with Crippen molar-refractivity contribution in [2.45, 2.75) is 41.6 Å². The van der Waals surface area contributed by atoms with Gasteiger partial charge in [0.05, 0.1) is 9.79 Å². The number of nitrogens with one attached hydrogen (secondary N) is 2. The van der Waals surface area contributed by atoms with Crippen molar-refractivity contribution in [3.05, 3.63) is 24.3 Å². The third-order valence-electron chi connectivity index (χ3n) is 3.51. The quantitative estimate of drug-likeness (QED) is 0.824. The number of sulfone groups is 1. The maximum atomic E-state index is 12.3. The zero-order chi connectivity index (χ0) is 15.7. The fourth-order valence-corrected chi connectivity index (χ4v) is 4.31. The molecule has 0 radical (unpaired) electrons. The molecule has 1 fully saturated rings. The molecule has 1 aliphatic heterocycles. The van der Waals surface area contributed by atoms with Gasteiger partial charge in [-0.15, -0.1) is 12.4 Å². The minimum Gasteiger partial charge on any atom is -0.314 e. The summed E-state index contributed by atoms with van der Waals surface area (Å²) in [5, 5.41) is 3.26. The number of benzene rings is 1. The highest BCUT2D eigenvalue weighted by atomic mass is 35.5. The molecule has 0 aromatic heterocycles. The maximum Gasteiger partial charge on any atom is 0.240 e. The fourth-order valence-electron chi connectivity index (χ4n) is 2.39. The molecule has 2 rings (SSSR count). The van der Waals surface area contributed by atoms with Gasteiger partial charge in [0.2, 0.25) is 10.0 Å². The van der Waals surface area contributed by atoms with E-state index < -0.39 is 19.9 Å². The lowest BCUT2D eigenvalue weighted by molar-refractivity contribution is 0.361. The minimum atomic E-state index is -3.62. The third kappa shape index (κ3) is 4.92. The summed E-state index contributed by atoms with van der Waals surface area (Å²) in [5.74, 6) is 0. The van der Waals surface area contributed by atoms with E-state index in [0.717, 1.165) is 25.6 Å². The van der Waals surface area contributed by atoms with Gasteiger partial charge in [-0.05, 0) is 50.6 Å². The first-order chi connectivity index (χ1) is 9.68. The first-order valence-corrected chi connectivity index (χ1v) is 10.1. The molecule has 0 amide bonds. The lowest BCUT2D eigenvalue weighted by Crippen LogP contribution is -2.46. The van der Waals surface area contributed by atoms with Crippen LogP contribution in [0, 0.1) is 0 Å². The summed E-state index contributed by atoms with van der Waals surface area (Å²) >= 11 is 0. The lowest BCUT2D eigenvalue weighted by atomic mass is 10.0. The van der Waals surface area contributed by atoms with Crippen LogP contribution in [0.5, 0.6) is 0 Å². The van der Waals surface area contributed by atoms with E-state index in [1.54, 1.807) is 0 Å². The highest BCUT2D eigenvalue weighted by Gasteiger charge is 2.24. The number of rotatable bonds is 4. The number of halogens is 1. The fraction of sp³-hybridized carbons (Fsp3) is 0.538. The molecule has 2 atom stereocenters. The average Bonchev–Trinajstić information content (AvgIpc) is 2.37. The first-order valence-electron chi connectivity index (χ1n) is 6.74. The van der Waals surface area contributed by atoms with Gasteiger partial charge in [0.1, 0.15) is 0 Å². The Morgan fingerprint density at radius 1 is 1.09 bits per heavy atom. The van der Waals surface area contributed by atoms with E-state index in [1.165, 1.54) is 24.3 Å². The van der Waals surface area contributed by atoms with Crippen LogP contribution in [0.15, 0.2) is 34.1 Å². The lowest BCUT2D eigenvalue weighted by Gasteiger charge is -2.28. The largest absolute Gasteiger partial charge is 0.314 e. The van der Waals surface area contributed by atoms with Crippen LogP contribution in [0.25, 0.3) is 0 Å². The summed E-state index contributed by atoms with van der Waals surface area (Å²) in [6, 6.07) is 5.45. The Morgan fingerprint density at radius 2 is 1.64 bits per heavy atom. The van der Waals surface area contributed by atoms with E-state index in [2.05, 4.69) is 10.0 Å². The predicted molar refractivity (Wildman–Crippen MR) is 87.6 cm³/mol. The van der Waals surface area contributed by atoms with Crippen LogP contribution >= 0.6 is 12.4 Å². The van der Waals surface area contributed by atoms with E-state index in [0.29, 0.717) is 0 Å². The molecule has 1 heterocycles. The number of sulfonamides is 1. The summed E-state index contributed by atoms with van der Waals surface area (Å²) < 4.78 is 50.0. The van der Waals surface area contributed by atoms with Gasteiger partial charge in [-0.1, -0.05) is 0 Å². The van der Waals surface area contributed by atoms with Crippen LogP contribution < -0.4 is 10.0 Å². The summed E-state index contributed by atoms with van der Waals surface area (Å²) in [5.41, 5.74) is 0. The molecule has 0 bridgehead atoms. The Morgan fingerprint density at radius 3 is 2.14 bits per heavy atom. The van der Waals surface area contributed by atoms with Crippen LogP contribution in [0.2, 0.25) is 0 Å². The molecule has 126 valence electrons. The Kier molecular flexibility index (Phi) is 6.40. The summed E-state index contributed by atoms with van der Waals surface area (Å²) in [4.78, 5) is 0.193. The summed E-state index contributed by atoms with van der Waals surface area (Å²) in [6.45, 7) is 2.79. The normalized spacial score (nSPS) is 22.8. The van der Waals surface area contributed by atoms with Crippen LogP contribution in [0.3, 0.4) is 0 Å². The third-order valence-corrected chi connectivity index (χ3v) is 6.17. The first kappa shape index (κ1) is 19.4. The molecule has 0 spiro atoms. The Balaban J connectivity index is 0.00000242. The molecule has 6 nitrogen and oxygen atoms in total. The predicted octanol–water partition coefficient (Wildman–Crippen LogP) is 0.931. The van der Waals surface area contributed by atoms with Gasteiger partial charge in [-0.3, -0.25) is 0 Å². The zero-order valence-electron chi connectivity index (χ0n) is 12.4. The molecule has 0 saturated carbocycles. The Bertz CT molecular complexity index is 702. The van der Waals surface area contributed by atoms with Crippen LogP contribution in [-0.4, -0.2) is 41.7 Å². The van der Waals surface area contributed by atoms with Crippen molar-refractivity contribution >= 4 is 32.3 Å². The van der Waals surface area contributed by atoms with Crippen molar-refractivity contribution in [1.82, 2.24) is 10.0 Å². The van der Waals surface area contributed by atoms with Gasteiger partial charge in [0.25, 0.3) is 0 Å². The Hall–Kier alpha value is -0.670. The zero-order valence-corrected chi connectivity index (χ0v) is 14.9. The van der Waals surface area contributed by atoms with Gasteiger partial charge >= 0.3 is 0 Å². The smallest absolute Gasteiger partial charge is 0.240 e. The molecular formula is C13H21ClN2O4S2. The van der Waals surface area contributed by atoms with E-state index in [1.807, 2.05) is 6.92 Å². The monoisotopic (exact) mass is 368 g/mol. The highest BCUT2D eigenvalue weighted by Crippen LogP contribution is 2.17. The van der Waals surface area contributed by atoms with E-state index in [4.69, 9.17) is 0 Å². The molecule has 2 unspecified atom stereocenters. The molecule has 1 saturated heterocycles. The number of hydrogen-bond donors (Lipinski definition) is 2. The number of piperidine rings is 1. The van der Waals surface area contributed by atoms with E-state index >= 15 is 0 Å². The standard InChI is InChI=1S/C13H20N2O4S2.ClH/c1-10-9-11(7-8-14-10)15-21(18,19)13-5-3-12(4-6-13)20(2,16)17;/h3-6,10-11,14-15H,7-9H2,1-2H3;1H. The van der Waals surface area contributed by atoms with Crippen molar-refractivity contribution in [2.75, 3.05) is 12.8 Å². The molecule has 1 aromatic carbocycles. The second-order valence-corrected chi connectivity index (χ2v) is 9.17. The van der Waals surface area contributed by atoms with Gasteiger partial charge in [-0.2, -0.15) is 0 Å². The molecule has 9 heteroatoms. The van der Waals surface area contributed by atoms with Crippen molar-refractivity contribution < 1.29 is 16.8 Å². The highest BCUT2D eigenvalue weighted by molar-refractivity contribution is 7.90. The second kappa shape index (κ2) is 7.27. The SMILES string of the molecule is CC1CC(NS(=O)(=O)c2ccc(S(C)(=O)=O)cc2)CCN1.Cl. The molecule has 0 aliphatic carbocycles. The second-order valence-electron chi connectivity index (χ2n) is 5.44. The van der Waals surface area contributed by atoms with Crippen LogP contribution in [0.4, 0.5) is 0 Å². The maximum absolute atomic E-state index is 12.3. The van der Waals surface area contributed by atoms with Gasteiger partial charge in [0, 0.05) is 18.3 Å². The van der Waals surface area contributed by atoms with Crippen LogP contribution in [-0.2, 0) is 19.9 Å². The van der Waals surface area contributed by atoms with Crippen molar-refractivity contribution in [3.63, 3.8) is 0 Å². The average molecular weight is 369 g/mol. The van der Waals surface area contributed by atoms with Crippen molar-refractivity contribution in [1.29, 1.82) is 0 Å². The molecule has 1 aliphatic rings. The molecule has 1 aromatic rings. The van der Waals surface area contributed by atoms with Gasteiger partial charge in [0.15, 0.2) is 9.84 Å². The Labute approximate surface area is 138 Å². The minimum absolute atomic E-state index is 0. The summed E-state index contributed by atoms with van der Waals surface area (Å²) in [7, 11) is -6.94. The summed E-state index contributed by atoms with van der Waals surface area (Å²) in [6.07, 6.45) is 2.57.